The fraction of sp³-hybridized carbons (Fsp3) is 0.409. The van der Waals surface area contributed by atoms with E-state index in [4.69, 9.17) is 16.6 Å². The molecule has 32 heavy (non-hydrogen) atoms. The fourth-order valence-corrected chi connectivity index (χ4v) is 3.78. The molecular weight excluding hydrogens is 414 g/mol. The van der Waals surface area contributed by atoms with Crippen molar-refractivity contribution < 1.29 is 24.6 Å². The quantitative estimate of drug-likeness (QED) is 0.324. The number of nitrogens with zero attached hydrogens (tertiary/aromatic N) is 2. The summed E-state index contributed by atoms with van der Waals surface area (Å²) in [7, 11) is 0. The molecule has 10 nitrogen and oxygen atoms in total. The van der Waals surface area contributed by atoms with Crippen LogP contribution in [0.25, 0.3) is 0 Å². The lowest BCUT2D eigenvalue weighted by atomic mass is 9.99. The van der Waals surface area contributed by atoms with Crippen molar-refractivity contribution in [1.82, 2.24) is 15.3 Å². The zero-order valence-corrected chi connectivity index (χ0v) is 17.6. The molecule has 1 amide bonds. The lowest BCUT2D eigenvalue weighted by molar-refractivity contribution is -0.144. The van der Waals surface area contributed by atoms with E-state index in [0.29, 0.717) is 11.4 Å². The molecule has 2 aromatic rings. The Kier molecular flexibility index (Phi) is 6.92. The highest BCUT2D eigenvalue weighted by Crippen LogP contribution is 2.50. The number of anilines is 2. The smallest absolute Gasteiger partial charge is 0.311 e. The van der Waals surface area contributed by atoms with Gasteiger partial charge in [-0.25, -0.2) is 4.98 Å². The number of carbonyl (C=O) groups is 3. The highest BCUT2D eigenvalue weighted by Gasteiger charge is 2.61. The van der Waals surface area contributed by atoms with Crippen molar-refractivity contribution in [2.24, 2.45) is 5.41 Å². The first kappa shape index (κ1) is 23.0. The Labute approximate surface area is 185 Å². The second-order valence-corrected chi connectivity index (χ2v) is 8.13. The Balaban J connectivity index is 1.46. The maximum atomic E-state index is 12.5. The Morgan fingerprint density at radius 1 is 1.09 bits per heavy atom. The number of benzene rings is 1. The predicted molar refractivity (Wildman–Crippen MR) is 117 cm³/mol. The van der Waals surface area contributed by atoms with Gasteiger partial charge in [0.25, 0.3) is 5.91 Å². The summed E-state index contributed by atoms with van der Waals surface area (Å²) in [6.45, 7) is 0. The van der Waals surface area contributed by atoms with Gasteiger partial charge in [0.2, 0.25) is 5.95 Å². The zero-order chi connectivity index (χ0) is 23.3. The van der Waals surface area contributed by atoms with Crippen molar-refractivity contribution in [3.8, 4) is 0 Å². The van der Waals surface area contributed by atoms with Crippen LogP contribution < -0.4 is 16.8 Å². The van der Waals surface area contributed by atoms with Gasteiger partial charge in [-0.3, -0.25) is 14.4 Å². The number of rotatable bonds is 11. The van der Waals surface area contributed by atoms with Gasteiger partial charge in [0.15, 0.2) is 0 Å². The lowest BCUT2D eigenvalue weighted by Gasteiger charge is -2.12. The van der Waals surface area contributed by atoms with Crippen LogP contribution in [0.15, 0.2) is 30.5 Å². The number of hydrogen-bond acceptors (Lipinski definition) is 7. The lowest BCUT2D eigenvalue weighted by Crippen LogP contribution is -2.33. The van der Waals surface area contributed by atoms with Crippen molar-refractivity contribution >= 4 is 29.6 Å². The molecular formula is C22H27N5O5. The Bertz CT molecular complexity index is 1010. The van der Waals surface area contributed by atoms with E-state index in [0.717, 1.165) is 36.8 Å². The van der Waals surface area contributed by atoms with Crippen molar-refractivity contribution in [2.45, 2.75) is 51.0 Å². The Morgan fingerprint density at radius 3 is 2.41 bits per heavy atom. The third-order valence-corrected chi connectivity index (χ3v) is 5.89. The molecule has 1 aromatic heterocycles. The van der Waals surface area contributed by atoms with E-state index in [9.17, 15) is 19.5 Å². The number of nitrogens with two attached hydrogens (primary N) is 2. The van der Waals surface area contributed by atoms with Crippen LogP contribution in [0.2, 0.25) is 0 Å². The molecule has 1 aromatic carbocycles. The molecule has 0 radical (unpaired) electrons. The molecule has 170 valence electrons. The number of unbranched alkanes of at least 4 members (excludes halogenated alkanes) is 1. The monoisotopic (exact) mass is 441 g/mol. The molecule has 0 bridgehead atoms. The first-order valence-corrected chi connectivity index (χ1v) is 10.4. The molecule has 1 aliphatic carbocycles. The second-order valence-electron chi connectivity index (χ2n) is 8.13. The number of nitrogen functional groups attached to an aromatic ring is 2. The summed E-state index contributed by atoms with van der Waals surface area (Å²) in [6, 6.07) is 6.60. The Morgan fingerprint density at radius 2 is 1.78 bits per heavy atom. The number of carboxylic acids is 2. The molecule has 0 saturated heterocycles. The average Bonchev–Trinajstić information content (AvgIpc) is 3.45. The molecule has 0 unspecified atom stereocenters. The van der Waals surface area contributed by atoms with Crippen LogP contribution in [0.3, 0.4) is 0 Å². The topological polar surface area (TPSA) is 182 Å². The second kappa shape index (κ2) is 9.63. The fourth-order valence-electron chi connectivity index (χ4n) is 3.78. The number of aryl methyl sites for hydroxylation is 2. The largest absolute Gasteiger partial charge is 0.481 e. The van der Waals surface area contributed by atoms with Crippen molar-refractivity contribution in [1.29, 1.82) is 0 Å². The summed E-state index contributed by atoms with van der Waals surface area (Å²) in [6.07, 6.45) is 5.03. The molecule has 0 spiro atoms. The summed E-state index contributed by atoms with van der Waals surface area (Å²) in [4.78, 5) is 42.7. The number of aromatic nitrogens is 2. The van der Waals surface area contributed by atoms with Crippen LogP contribution >= 0.6 is 0 Å². The first-order valence-electron chi connectivity index (χ1n) is 10.4. The van der Waals surface area contributed by atoms with Gasteiger partial charge in [0, 0.05) is 29.8 Å². The maximum absolute atomic E-state index is 12.5. The molecule has 7 N–H and O–H groups in total. The predicted octanol–water partition coefficient (Wildman–Crippen LogP) is 1.64. The third kappa shape index (κ3) is 5.51. The van der Waals surface area contributed by atoms with E-state index in [1.807, 2.05) is 12.1 Å². The summed E-state index contributed by atoms with van der Waals surface area (Å²) in [5.41, 5.74) is 12.5. The number of amides is 1. The van der Waals surface area contributed by atoms with Gasteiger partial charge in [-0.05, 0) is 56.2 Å². The van der Waals surface area contributed by atoms with Crippen LogP contribution in [0.4, 0.5) is 11.8 Å². The van der Waals surface area contributed by atoms with Crippen molar-refractivity contribution in [2.75, 3.05) is 11.5 Å². The van der Waals surface area contributed by atoms with E-state index >= 15 is 0 Å². The van der Waals surface area contributed by atoms with Crippen LogP contribution in [0.1, 0.15) is 53.6 Å². The first-order chi connectivity index (χ1) is 15.2. The number of aliphatic carboxylic acids is 2. The van der Waals surface area contributed by atoms with Gasteiger partial charge in [-0.15, -0.1) is 0 Å². The van der Waals surface area contributed by atoms with Crippen molar-refractivity contribution in [3.05, 3.63) is 47.2 Å². The van der Waals surface area contributed by atoms with Gasteiger partial charge in [0.05, 0.1) is 5.41 Å². The number of nitrogens with one attached hydrogen (secondary N) is 1. The van der Waals surface area contributed by atoms with E-state index < -0.39 is 23.4 Å². The molecule has 3 rings (SSSR count). The van der Waals surface area contributed by atoms with E-state index in [1.54, 1.807) is 18.3 Å². The van der Waals surface area contributed by atoms with E-state index in [-0.39, 0.29) is 31.1 Å². The molecule has 1 fully saturated rings. The SMILES string of the molecule is Nc1ncc(CCCCc2ccc(C(=O)N[C@@H]3C[C@]3(CCC(=O)O)C(=O)O)cc2)c(N)n1. The van der Waals surface area contributed by atoms with Gasteiger partial charge in [-0.1, -0.05) is 12.1 Å². The van der Waals surface area contributed by atoms with Gasteiger partial charge >= 0.3 is 11.9 Å². The van der Waals surface area contributed by atoms with Gasteiger partial charge < -0.3 is 27.0 Å². The van der Waals surface area contributed by atoms with Crippen LogP contribution in [0, 0.1) is 5.41 Å². The maximum Gasteiger partial charge on any atom is 0.311 e. The number of hydrogen-bond donors (Lipinski definition) is 5. The zero-order valence-electron chi connectivity index (χ0n) is 17.6. The normalized spacial score (nSPS) is 19.3. The summed E-state index contributed by atoms with van der Waals surface area (Å²) in [5.74, 6) is -1.93. The average molecular weight is 441 g/mol. The standard InChI is InChI=1S/C22H27N5O5/c23-18-15(12-25-21(24)27-18)4-2-1-3-13-5-7-14(8-6-13)19(30)26-16-11-22(16,20(31)32)10-9-17(28)29/h5-8,12,16H,1-4,9-11H2,(H,26,30)(H,28,29)(H,31,32)(H4,23,24,25,27)/t16-,22+/m1/s1. The molecule has 2 atom stereocenters. The van der Waals surface area contributed by atoms with Gasteiger partial charge in [0.1, 0.15) is 5.82 Å². The van der Waals surface area contributed by atoms with Crippen LogP contribution in [0.5, 0.6) is 0 Å². The molecule has 1 aliphatic rings. The Hall–Kier alpha value is -3.69. The number of carboxylic acid groups (broad SMARTS) is 2. The summed E-state index contributed by atoms with van der Waals surface area (Å²) < 4.78 is 0. The van der Waals surface area contributed by atoms with E-state index in [2.05, 4.69) is 15.3 Å². The summed E-state index contributed by atoms with van der Waals surface area (Å²) >= 11 is 0. The number of carbonyl (C=O) groups excluding carboxylic acids is 1. The highest BCUT2D eigenvalue weighted by molar-refractivity contribution is 5.95. The third-order valence-electron chi connectivity index (χ3n) is 5.89. The van der Waals surface area contributed by atoms with Crippen molar-refractivity contribution in [3.63, 3.8) is 0 Å². The molecule has 1 saturated carbocycles. The summed E-state index contributed by atoms with van der Waals surface area (Å²) in [5, 5.41) is 21.0. The molecule has 1 heterocycles. The minimum absolute atomic E-state index is 0.00427. The van der Waals surface area contributed by atoms with Crippen LogP contribution in [-0.2, 0) is 22.4 Å². The highest BCUT2D eigenvalue weighted by atomic mass is 16.4. The molecule has 10 heteroatoms. The minimum Gasteiger partial charge on any atom is -0.481 e. The van der Waals surface area contributed by atoms with Crippen LogP contribution in [-0.4, -0.2) is 44.1 Å². The van der Waals surface area contributed by atoms with E-state index in [1.165, 1.54) is 0 Å². The van der Waals surface area contributed by atoms with Gasteiger partial charge in [-0.2, -0.15) is 4.98 Å². The minimum atomic E-state index is -1.19. The molecule has 0 aliphatic heterocycles.